The first-order valence-electron chi connectivity index (χ1n) is 11.5. The van der Waals surface area contributed by atoms with Crippen molar-refractivity contribution in [2.75, 3.05) is 26.2 Å². The van der Waals surface area contributed by atoms with Gasteiger partial charge in [-0.15, -0.1) is 0 Å². The maximum absolute atomic E-state index is 11.6. The van der Waals surface area contributed by atoms with E-state index >= 15 is 0 Å². The number of carboxylic acids is 2. The van der Waals surface area contributed by atoms with Gasteiger partial charge in [0.15, 0.2) is 0 Å². The summed E-state index contributed by atoms with van der Waals surface area (Å²) >= 11 is 0. The van der Waals surface area contributed by atoms with Gasteiger partial charge in [0.1, 0.15) is 11.2 Å². The number of β-amino-alcohol motifs (C(OH)–C–C–N with tert-alkyl or cyclic N) is 2. The molecule has 2 rings (SSSR count). The molecule has 8 N–H and O–H groups in total. The highest BCUT2D eigenvalue weighted by atomic mass is 16.6. The van der Waals surface area contributed by atoms with Crippen LogP contribution in [0.4, 0.5) is 9.59 Å². The number of aliphatic carboxylic acids is 2. The molecule has 2 aliphatic rings. The number of rotatable bonds is 0. The van der Waals surface area contributed by atoms with Gasteiger partial charge in [0.2, 0.25) is 0 Å². The predicted molar refractivity (Wildman–Crippen MR) is 128 cm³/mol. The molecule has 0 aromatic carbocycles. The number of aliphatic hydroxyl groups is 2. The molecule has 0 saturated carbocycles. The summed E-state index contributed by atoms with van der Waals surface area (Å²) < 4.78 is 10.4. The number of nitrogens with two attached hydrogens (primary N) is 2. The SMILES string of the molecule is CC(C)(C)OC(=O)N1CC[C@H](N)[C@@H](O)C1.CC(C)(C)OC(=O)N1CC[C@H](N)[C@@H](O)C1.O=C(O)C(=O)O. The van der Waals surface area contributed by atoms with Gasteiger partial charge in [0.25, 0.3) is 0 Å². The molecule has 210 valence electrons. The van der Waals surface area contributed by atoms with Crippen molar-refractivity contribution in [1.82, 2.24) is 9.80 Å². The molecular weight excluding hydrogens is 480 g/mol. The van der Waals surface area contributed by atoms with Crippen molar-refractivity contribution in [2.24, 2.45) is 11.5 Å². The Morgan fingerprint density at radius 2 is 0.972 bits per heavy atom. The normalized spacial score (nSPS) is 24.3. The Balaban J connectivity index is 0.000000558. The smallest absolute Gasteiger partial charge is 0.414 e. The molecule has 2 saturated heterocycles. The maximum Gasteiger partial charge on any atom is 0.414 e. The van der Waals surface area contributed by atoms with Crippen LogP contribution in [0.25, 0.3) is 0 Å². The Hall–Kier alpha value is -2.68. The summed E-state index contributed by atoms with van der Waals surface area (Å²) in [7, 11) is 0. The molecule has 36 heavy (non-hydrogen) atoms. The fraction of sp³-hybridized carbons (Fsp3) is 0.818. The third kappa shape index (κ3) is 14.0. The zero-order valence-electron chi connectivity index (χ0n) is 21.8. The van der Waals surface area contributed by atoms with E-state index in [0.717, 1.165) is 0 Å². The van der Waals surface area contributed by atoms with Crippen LogP contribution in [0, 0.1) is 0 Å². The number of amides is 2. The molecule has 2 aliphatic heterocycles. The van der Waals surface area contributed by atoms with Gasteiger partial charge in [-0.25, -0.2) is 19.2 Å². The first-order valence-corrected chi connectivity index (χ1v) is 11.5. The van der Waals surface area contributed by atoms with Crippen molar-refractivity contribution in [3.8, 4) is 0 Å². The van der Waals surface area contributed by atoms with Crippen molar-refractivity contribution < 1.29 is 49.1 Å². The van der Waals surface area contributed by atoms with E-state index in [2.05, 4.69) is 0 Å². The number of nitrogens with zero attached hydrogens (tertiary/aromatic N) is 2. The number of carbonyl (C=O) groups is 4. The fourth-order valence-electron chi connectivity index (χ4n) is 2.88. The van der Waals surface area contributed by atoms with E-state index in [1.165, 1.54) is 9.80 Å². The lowest BCUT2D eigenvalue weighted by molar-refractivity contribution is -0.159. The number of aliphatic hydroxyl groups excluding tert-OH is 2. The molecule has 0 aromatic heterocycles. The molecule has 0 bridgehead atoms. The van der Waals surface area contributed by atoms with Gasteiger partial charge in [0.05, 0.1) is 25.3 Å². The average molecular weight is 523 g/mol. The Kier molecular flexibility index (Phi) is 13.1. The largest absolute Gasteiger partial charge is 0.473 e. The first kappa shape index (κ1) is 33.3. The van der Waals surface area contributed by atoms with Crippen LogP contribution in [0.2, 0.25) is 0 Å². The van der Waals surface area contributed by atoms with Gasteiger partial charge < -0.3 is 51.2 Å². The number of likely N-dealkylation sites (tertiary alicyclic amines) is 2. The maximum atomic E-state index is 11.6. The second-order valence-electron chi connectivity index (χ2n) is 10.5. The molecule has 0 radical (unpaired) electrons. The minimum Gasteiger partial charge on any atom is -0.473 e. The third-order valence-electron chi connectivity index (χ3n) is 4.75. The molecule has 2 amide bonds. The van der Waals surface area contributed by atoms with E-state index in [4.69, 9.17) is 40.7 Å². The summed E-state index contributed by atoms with van der Waals surface area (Å²) in [5.41, 5.74) is 10.3. The van der Waals surface area contributed by atoms with Crippen LogP contribution in [0.15, 0.2) is 0 Å². The van der Waals surface area contributed by atoms with Crippen molar-refractivity contribution in [3.63, 3.8) is 0 Å². The van der Waals surface area contributed by atoms with Crippen LogP contribution in [0.5, 0.6) is 0 Å². The first-order chi connectivity index (χ1) is 16.2. The summed E-state index contributed by atoms with van der Waals surface area (Å²) in [5, 5.41) is 33.8. The fourth-order valence-corrected chi connectivity index (χ4v) is 2.88. The van der Waals surface area contributed by atoms with Crippen LogP contribution in [-0.2, 0) is 19.1 Å². The second kappa shape index (κ2) is 14.2. The van der Waals surface area contributed by atoms with Crippen molar-refractivity contribution >= 4 is 24.1 Å². The number of carboxylic acid groups (broad SMARTS) is 2. The summed E-state index contributed by atoms with van der Waals surface area (Å²) in [6, 6.07) is -0.465. The molecule has 0 aromatic rings. The molecular formula is C22H42N4O10. The van der Waals surface area contributed by atoms with Crippen LogP contribution in [-0.4, -0.2) is 116 Å². The van der Waals surface area contributed by atoms with Crippen molar-refractivity contribution in [3.05, 3.63) is 0 Å². The highest BCUT2D eigenvalue weighted by molar-refractivity contribution is 6.27. The summed E-state index contributed by atoms with van der Waals surface area (Å²) in [4.78, 5) is 44.4. The highest BCUT2D eigenvalue weighted by Crippen LogP contribution is 2.16. The molecule has 2 fully saturated rings. The molecule has 0 unspecified atom stereocenters. The second-order valence-corrected chi connectivity index (χ2v) is 10.5. The lowest BCUT2D eigenvalue weighted by atomic mass is 10.0. The molecule has 4 atom stereocenters. The van der Waals surface area contributed by atoms with Gasteiger partial charge in [-0.05, 0) is 54.4 Å². The number of hydrogen-bond donors (Lipinski definition) is 6. The standard InChI is InChI=1S/2C10H20N2O3.C2H2O4/c2*1-10(2,3)15-9(14)12-5-4-7(11)8(13)6-12;3-1(4)2(5)6/h2*7-8,13H,4-6,11H2,1-3H3;(H,3,4)(H,5,6)/t2*7-,8-;/m00./s1. The Morgan fingerprint density at radius 3 is 1.17 bits per heavy atom. The zero-order valence-corrected chi connectivity index (χ0v) is 21.8. The number of carbonyl (C=O) groups excluding carboxylic acids is 2. The molecule has 0 spiro atoms. The highest BCUT2D eigenvalue weighted by Gasteiger charge is 2.31. The number of hydrogen-bond acceptors (Lipinski definition) is 10. The summed E-state index contributed by atoms with van der Waals surface area (Å²) in [6.45, 7) is 12.5. The topological polar surface area (TPSA) is 226 Å². The summed E-state index contributed by atoms with van der Waals surface area (Å²) in [6.07, 6.45) is -0.833. The Bertz CT molecular complexity index is 688. The lowest BCUT2D eigenvalue weighted by Crippen LogP contribution is -2.53. The number of piperidine rings is 2. The average Bonchev–Trinajstić information content (AvgIpc) is 2.70. The molecule has 2 heterocycles. The molecule has 14 nitrogen and oxygen atoms in total. The van der Waals surface area contributed by atoms with Crippen LogP contribution in [0.3, 0.4) is 0 Å². The van der Waals surface area contributed by atoms with Crippen molar-refractivity contribution in [1.29, 1.82) is 0 Å². The third-order valence-corrected chi connectivity index (χ3v) is 4.75. The van der Waals surface area contributed by atoms with E-state index in [0.29, 0.717) is 25.9 Å². The van der Waals surface area contributed by atoms with Gasteiger partial charge in [0, 0.05) is 25.2 Å². The molecule has 0 aliphatic carbocycles. The van der Waals surface area contributed by atoms with Crippen LogP contribution < -0.4 is 11.5 Å². The van der Waals surface area contributed by atoms with Gasteiger partial charge >= 0.3 is 24.1 Å². The summed E-state index contributed by atoms with van der Waals surface area (Å²) in [5.74, 6) is -3.65. The van der Waals surface area contributed by atoms with Crippen molar-refractivity contribution in [2.45, 2.75) is 89.9 Å². The van der Waals surface area contributed by atoms with Crippen LogP contribution >= 0.6 is 0 Å². The van der Waals surface area contributed by atoms with Crippen LogP contribution in [0.1, 0.15) is 54.4 Å². The van der Waals surface area contributed by atoms with E-state index in [1.54, 1.807) is 0 Å². The quantitative estimate of drug-likeness (QED) is 0.227. The minimum absolute atomic E-state index is 0.233. The lowest BCUT2D eigenvalue weighted by Gasteiger charge is -2.35. The Morgan fingerprint density at radius 1 is 0.694 bits per heavy atom. The zero-order chi connectivity index (χ0) is 28.4. The molecule has 14 heteroatoms. The van der Waals surface area contributed by atoms with E-state index < -0.39 is 35.3 Å². The van der Waals surface area contributed by atoms with Gasteiger partial charge in [-0.3, -0.25) is 0 Å². The van der Waals surface area contributed by atoms with E-state index in [9.17, 15) is 19.8 Å². The van der Waals surface area contributed by atoms with Gasteiger partial charge in [-0.2, -0.15) is 0 Å². The number of ether oxygens (including phenoxy) is 2. The minimum atomic E-state index is -1.82. The predicted octanol–water partition coefficient (Wildman–Crippen LogP) is -0.214. The monoisotopic (exact) mass is 522 g/mol. The van der Waals surface area contributed by atoms with E-state index in [-0.39, 0.29) is 37.4 Å². The van der Waals surface area contributed by atoms with Gasteiger partial charge in [-0.1, -0.05) is 0 Å². The Labute approximate surface area is 211 Å². The van der Waals surface area contributed by atoms with E-state index in [1.807, 2.05) is 41.5 Å².